The number of nitrogens with zero attached hydrogens (tertiary/aromatic N) is 1. The first-order valence-corrected chi connectivity index (χ1v) is 9.38. The summed E-state index contributed by atoms with van der Waals surface area (Å²) in [5, 5.41) is 20.1. The quantitative estimate of drug-likeness (QED) is 0.182. The second kappa shape index (κ2) is 15.9. The molecule has 23 heavy (non-hydrogen) atoms. The van der Waals surface area contributed by atoms with Gasteiger partial charge in [-0.25, -0.2) is 0 Å². The molecule has 0 aliphatic heterocycles. The minimum atomic E-state index is -0.972. The number of nitro groups is 1. The molecular formula is C18H35NO4. The lowest BCUT2D eigenvalue weighted by Crippen LogP contribution is -2.20. The summed E-state index contributed by atoms with van der Waals surface area (Å²) in [7, 11) is 0. The summed E-state index contributed by atoms with van der Waals surface area (Å²) in [6.45, 7) is 2.22. The van der Waals surface area contributed by atoms with Crippen LogP contribution in [0.5, 0.6) is 0 Å². The van der Waals surface area contributed by atoms with E-state index in [0.29, 0.717) is 32.0 Å². The maximum absolute atomic E-state index is 11.0. The van der Waals surface area contributed by atoms with Crippen LogP contribution in [0.2, 0.25) is 0 Å². The molecule has 0 amide bonds. The fraction of sp³-hybridized carbons (Fsp3) is 0.944. The van der Waals surface area contributed by atoms with E-state index in [4.69, 9.17) is 5.11 Å². The van der Waals surface area contributed by atoms with Gasteiger partial charge in [0.05, 0.1) is 0 Å². The lowest BCUT2D eigenvalue weighted by molar-refractivity contribution is -0.524. The third-order valence-electron chi connectivity index (χ3n) is 4.38. The van der Waals surface area contributed by atoms with Gasteiger partial charge in [-0.3, -0.25) is 10.1 Å². The minimum absolute atomic E-state index is 0.207. The summed E-state index contributed by atoms with van der Waals surface area (Å²) >= 11 is 0. The number of hydrogen-bond donors (Lipinski definition) is 1. The first-order valence-electron chi connectivity index (χ1n) is 9.38. The van der Waals surface area contributed by atoms with E-state index in [1.54, 1.807) is 0 Å². The first kappa shape index (κ1) is 22.0. The molecule has 0 aliphatic carbocycles. The van der Waals surface area contributed by atoms with Gasteiger partial charge in [0.2, 0.25) is 6.04 Å². The van der Waals surface area contributed by atoms with Crippen molar-refractivity contribution in [3.8, 4) is 0 Å². The van der Waals surface area contributed by atoms with Crippen molar-refractivity contribution in [3.63, 3.8) is 0 Å². The van der Waals surface area contributed by atoms with Crippen LogP contribution in [0.25, 0.3) is 0 Å². The second-order valence-corrected chi connectivity index (χ2v) is 6.54. The van der Waals surface area contributed by atoms with E-state index in [1.165, 1.54) is 51.4 Å². The maximum Gasteiger partial charge on any atom is 0.213 e. The van der Waals surface area contributed by atoms with Gasteiger partial charge in [0.15, 0.2) is 0 Å². The Bertz CT molecular complexity index is 297. The molecule has 5 heteroatoms. The predicted molar refractivity (Wildman–Crippen MR) is 93.2 cm³/mol. The molecule has 0 radical (unpaired) electrons. The smallest absolute Gasteiger partial charge is 0.213 e. The molecule has 0 aromatic carbocycles. The van der Waals surface area contributed by atoms with E-state index in [1.807, 2.05) is 0 Å². The van der Waals surface area contributed by atoms with Crippen LogP contribution >= 0.6 is 0 Å². The number of unbranched alkanes of at least 4 members (excludes halogenated alkanes) is 9. The third-order valence-corrected chi connectivity index (χ3v) is 4.38. The van der Waals surface area contributed by atoms with Crippen LogP contribution in [0.1, 0.15) is 96.8 Å². The number of aliphatic hydroxyl groups is 1. The molecule has 2 unspecified atom stereocenters. The largest absolute Gasteiger partial charge is 0.386 e. The molecule has 0 heterocycles. The van der Waals surface area contributed by atoms with E-state index in [9.17, 15) is 14.9 Å². The molecule has 0 aromatic rings. The molecule has 0 aromatic heterocycles. The minimum Gasteiger partial charge on any atom is -0.386 e. The van der Waals surface area contributed by atoms with E-state index in [2.05, 4.69) is 6.92 Å². The van der Waals surface area contributed by atoms with Gasteiger partial charge in [0.25, 0.3) is 0 Å². The molecule has 0 spiro atoms. The zero-order chi connectivity index (χ0) is 17.3. The number of carbonyl (C=O) groups is 1. The van der Waals surface area contributed by atoms with Gasteiger partial charge < -0.3 is 9.90 Å². The fourth-order valence-corrected chi connectivity index (χ4v) is 2.85. The van der Waals surface area contributed by atoms with Gasteiger partial charge in [0, 0.05) is 17.8 Å². The summed E-state index contributed by atoms with van der Waals surface area (Å²) in [5.74, 6) is 0. The lowest BCUT2D eigenvalue weighted by Gasteiger charge is -2.10. The first-order chi connectivity index (χ1) is 11.1. The van der Waals surface area contributed by atoms with Crippen LogP contribution < -0.4 is 0 Å². The number of aldehydes is 1. The molecule has 0 bridgehead atoms. The van der Waals surface area contributed by atoms with Crippen molar-refractivity contribution in [2.24, 2.45) is 0 Å². The zero-order valence-corrected chi connectivity index (χ0v) is 14.8. The third kappa shape index (κ3) is 14.4. The highest BCUT2D eigenvalue weighted by molar-refractivity contribution is 5.55. The van der Waals surface area contributed by atoms with Crippen LogP contribution in [-0.2, 0) is 4.79 Å². The molecular weight excluding hydrogens is 294 g/mol. The van der Waals surface area contributed by atoms with E-state index < -0.39 is 12.1 Å². The number of rotatable bonds is 17. The highest BCUT2D eigenvalue weighted by Gasteiger charge is 2.19. The van der Waals surface area contributed by atoms with Crippen LogP contribution in [0.3, 0.4) is 0 Å². The summed E-state index contributed by atoms with van der Waals surface area (Å²) < 4.78 is 0. The van der Waals surface area contributed by atoms with Gasteiger partial charge in [-0.2, -0.15) is 0 Å². The van der Waals surface area contributed by atoms with Crippen molar-refractivity contribution in [1.29, 1.82) is 0 Å². The van der Waals surface area contributed by atoms with Gasteiger partial charge in [-0.05, 0) is 19.3 Å². The van der Waals surface area contributed by atoms with Gasteiger partial charge in [0.1, 0.15) is 12.4 Å². The van der Waals surface area contributed by atoms with Gasteiger partial charge in [-0.1, -0.05) is 64.7 Å². The Kier molecular flexibility index (Phi) is 15.2. The molecule has 0 fully saturated rings. The van der Waals surface area contributed by atoms with Crippen molar-refractivity contribution >= 4 is 6.29 Å². The molecule has 1 N–H and O–H groups in total. The molecule has 0 aliphatic rings. The van der Waals surface area contributed by atoms with Crippen molar-refractivity contribution < 1.29 is 14.8 Å². The Balaban J connectivity index is 3.54. The van der Waals surface area contributed by atoms with Crippen molar-refractivity contribution in [2.75, 3.05) is 0 Å². The molecule has 0 saturated carbocycles. The Morgan fingerprint density at radius 3 is 1.83 bits per heavy atom. The van der Waals surface area contributed by atoms with Crippen LogP contribution in [0, 0.1) is 10.1 Å². The molecule has 0 saturated heterocycles. The number of carbonyl (C=O) groups excluding carboxylic acids is 1. The van der Waals surface area contributed by atoms with E-state index in [-0.39, 0.29) is 4.92 Å². The van der Waals surface area contributed by atoms with E-state index in [0.717, 1.165) is 12.8 Å². The van der Waals surface area contributed by atoms with Crippen LogP contribution in [0.4, 0.5) is 0 Å². The normalized spacial score (nSPS) is 13.7. The average Bonchev–Trinajstić information content (AvgIpc) is 2.54. The van der Waals surface area contributed by atoms with Gasteiger partial charge in [-0.15, -0.1) is 0 Å². The summed E-state index contributed by atoms with van der Waals surface area (Å²) in [6.07, 6.45) is 13.7. The summed E-state index contributed by atoms with van der Waals surface area (Å²) in [4.78, 5) is 21.1. The van der Waals surface area contributed by atoms with E-state index >= 15 is 0 Å². The summed E-state index contributed by atoms with van der Waals surface area (Å²) in [5.41, 5.74) is 0. The highest BCUT2D eigenvalue weighted by Crippen LogP contribution is 2.15. The average molecular weight is 329 g/mol. The molecule has 2 atom stereocenters. The van der Waals surface area contributed by atoms with Crippen LogP contribution in [-0.4, -0.2) is 28.5 Å². The van der Waals surface area contributed by atoms with Crippen molar-refractivity contribution in [2.45, 2.75) is 109 Å². The zero-order valence-electron chi connectivity index (χ0n) is 14.8. The highest BCUT2D eigenvalue weighted by atomic mass is 16.6. The van der Waals surface area contributed by atoms with Gasteiger partial charge >= 0.3 is 0 Å². The Morgan fingerprint density at radius 1 is 0.870 bits per heavy atom. The van der Waals surface area contributed by atoms with Crippen molar-refractivity contribution in [3.05, 3.63) is 10.1 Å². The Morgan fingerprint density at radius 2 is 1.35 bits per heavy atom. The molecule has 5 nitrogen and oxygen atoms in total. The monoisotopic (exact) mass is 329 g/mol. The fourth-order valence-electron chi connectivity index (χ4n) is 2.85. The van der Waals surface area contributed by atoms with Crippen molar-refractivity contribution in [1.82, 2.24) is 0 Å². The van der Waals surface area contributed by atoms with Crippen LogP contribution in [0.15, 0.2) is 0 Å². The maximum atomic E-state index is 11.0. The standard InChI is InChI=1S/C18H35NO4/c1-2-3-4-5-6-7-8-9-10-11-13-17(19(22)23)14-12-15-18(21)16-20/h16-18,21H,2-15H2,1H3. The topological polar surface area (TPSA) is 80.4 Å². The number of aliphatic hydroxyl groups excluding tert-OH is 1. The number of hydrogen-bond acceptors (Lipinski definition) is 4. The predicted octanol–water partition coefficient (Wildman–Crippen LogP) is 4.67. The molecule has 136 valence electrons. The Hall–Kier alpha value is -0.970. The lowest BCUT2D eigenvalue weighted by atomic mass is 10.0. The second-order valence-electron chi connectivity index (χ2n) is 6.54. The Labute approximate surface area is 141 Å². The molecule has 0 rings (SSSR count). The summed E-state index contributed by atoms with van der Waals surface area (Å²) in [6, 6.07) is -0.525. The SMILES string of the molecule is CCCCCCCCCCCCC(CCCC(O)C=O)[N+](=O)[O-].